The highest BCUT2D eigenvalue weighted by Crippen LogP contribution is 2.19. The number of hydrogen-bond donors (Lipinski definition) is 1. The number of aliphatic hydroxyl groups is 1. The van der Waals surface area contributed by atoms with Gasteiger partial charge in [-0.15, -0.1) is 0 Å². The molecule has 102 valence electrons. The summed E-state index contributed by atoms with van der Waals surface area (Å²) >= 11 is 0. The highest BCUT2D eigenvalue weighted by molar-refractivity contribution is 5.33. The summed E-state index contributed by atoms with van der Waals surface area (Å²) in [5, 5.41) is 9.15. The molecule has 1 atom stereocenters. The fourth-order valence-corrected chi connectivity index (χ4v) is 2.02. The van der Waals surface area contributed by atoms with Crippen molar-refractivity contribution in [2.24, 2.45) is 5.92 Å². The van der Waals surface area contributed by atoms with Gasteiger partial charge in [0, 0.05) is 25.2 Å². The van der Waals surface area contributed by atoms with Crippen LogP contribution in [0.15, 0.2) is 24.3 Å². The summed E-state index contributed by atoms with van der Waals surface area (Å²) in [7, 11) is 1.70. The Morgan fingerprint density at radius 3 is 2.67 bits per heavy atom. The van der Waals surface area contributed by atoms with Crippen molar-refractivity contribution in [2.45, 2.75) is 26.8 Å². The lowest BCUT2D eigenvalue weighted by molar-refractivity contribution is 0.170. The molecule has 3 nitrogen and oxygen atoms in total. The highest BCUT2D eigenvalue weighted by Gasteiger charge is 2.11. The molecular weight excluding hydrogens is 226 g/mol. The first-order valence-electron chi connectivity index (χ1n) is 6.66. The molecule has 1 unspecified atom stereocenters. The molecule has 0 fully saturated rings. The third-order valence-corrected chi connectivity index (χ3v) is 3.27. The van der Waals surface area contributed by atoms with Crippen molar-refractivity contribution in [3.63, 3.8) is 0 Å². The Hall–Kier alpha value is -1.06. The van der Waals surface area contributed by atoms with Gasteiger partial charge in [-0.2, -0.15) is 0 Å². The molecule has 0 aliphatic heterocycles. The molecule has 0 aliphatic carbocycles. The molecule has 1 aromatic rings. The molecule has 0 aliphatic rings. The van der Waals surface area contributed by atoms with Crippen molar-refractivity contribution in [1.82, 2.24) is 4.90 Å². The third kappa shape index (κ3) is 4.67. The smallest absolute Gasteiger partial charge is 0.123 e. The van der Waals surface area contributed by atoms with E-state index in [9.17, 15) is 0 Å². The molecule has 1 rings (SSSR count). The predicted octanol–water partition coefficient (Wildman–Crippen LogP) is 2.54. The number of aliphatic hydroxyl groups excluding tert-OH is 1. The van der Waals surface area contributed by atoms with Crippen molar-refractivity contribution >= 4 is 0 Å². The number of nitrogens with zero attached hydrogens (tertiary/aromatic N) is 1. The Balaban J connectivity index is 2.69. The second-order valence-electron chi connectivity index (χ2n) is 4.78. The summed E-state index contributed by atoms with van der Waals surface area (Å²) in [5.74, 6) is 1.57. The van der Waals surface area contributed by atoms with Crippen LogP contribution >= 0.6 is 0 Å². The van der Waals surface area contributed by atoms with Crippen molar-refractivity contribution < 1.29 is 9.84 Å². The summed E-state index contributed by atoms with van der Waals surface area (Å²) in [4.78, 5) is 2.28. The van der Waals surface area contributed by atoms with E-state index in [0.29, 0.717) is 12.5 Å². The molecule has 0 spiro atoms. The van der Waals surface area contributed by atoms with E-state index in [2.05, 4.69) is 24.8 Å². The Morgan fingerprint density at radius 1 is 1.33 bits per heavy atom. The number of methoxy groups -OCH3 is 1. The van der Waals surface area contributed by atoms with Crippen LogP contribution in [-0.4, -0.2) is 36.8 Å². The molecule has 0 radical (unpaired) electrons. The maximum Gasteiger partial charge on any atom is 0.123 e. The topological polar surface area (TPSA) is 32.7 Å². The molecule has 0 bridgehead atoms. The van der Waals surface area contributed by atoms with Gasteiger partial charge >= 0.3 is 0 Å². The molecule has 0 amide bonds. The molecule has 1 aromatic carbocycles. The van der Waals surface area contributed by atoms with Gasteiger partial charge in [-0.1, -0.05) is 38.5 Å². The molecule has 0 heterocycles. The molecule has 18 heavy (non-hydrogen) atoms. The monoisotopic (exact) mass is 251 g/mol. The van der Waals surface area contributed by atoms with Crippen LogP contribution in [0, 0.1) is 5.92 Å². The number of hydrogen-bond acceptors (Lipinski definition) is 3. The van der Waals surface area contributed by atoms with Gasteiger partial charge in [0.05, 0.1) is 13.7 Å². The van der Waals surface area contributed by atoms with Crippen molar-refractivity contribution in [2.75, 3.05) is 26.8 Å². The minimum absolute atomic E-state index is 0.200. The zero-order valence-electron chi connectivity index (χ0n) is 11.7. The predicted molar refractivity (Wildman–Crippen MR) is 74.8 cm³/mol. The summed E-state index contributed by atoms with van der Waals surface area (Å²) in [6, 6.07) is 8.07. The first-order chi connectivity index (χ1) is 8.71. The minimum Gasteiger partial charge on any atom is -0.496 e. The van der Waals surface area contributed by atoms with Crippen LogP contribution in [0.5, 0.6) is 5.75 Å². The van der Waals surface area contributed by atoms with Gasteiger partial charge in [0.15, 0.2) is 0 Å². The van der Waals surface area contributed by atoms with E-state index in [1.807, 2.05) is 18.2 Å². The van der Waals surface area contributed by atoms with Crippen LogP contribution in [0.2, 0.25) is 0 Å². The van der Waals surface area contributed by atoms with E-state index in [4.69, 9.17) is 9.84 Å². The summed E-state index contributed by atoms with van der Waals surface area (Å²) < 4.78 is 5.37. The zero-order chi connectivity index (χ0) is 13.4. The van der Waals surface area contributed by atoms with Gasteiger partial charge in [0.1, 0.15) is 5.75 Å². The molecule has 0 saturated heterocycles. The lowest BCUT2D eigenvalue weighted by Gasteiger charge is -2.25. The van der Waals surface area contributed by atoms with Crippen LogP contribution in [0.3, 0.4) is 0 Å². The van der Waals surface area contributed by atoms with E-state index < -0.39 is 0 Å². The summed E-state index contributed by atoms with van der Waals surface area (Å²) in [6.45, 7) is 7.19. The summed E-state index contributed by atoms with van der Waals surface area (Å²) in [6.07, 6.45) is 1.16. The zero-order valence-corrected chi connectivity index (χ0v) is 11.7. The van der Waals surface area contributed by atoms with Crippen molar-refractivity contribution in [3.05, 3.63) is 29.8 Å². The van der Waals surface area contributed by atoms with E-state index in [1.54, 1.807) is 7.11 Å². The van der Waals surface area contributed by atoms with Gasteiger partial charge in [0.25, 0.3) is 0 Å². The Bertz CT molecular complexity index is 341. The molecule has 3 heteroatoms. The SMILES string of the molecule is CCC(C)CN(CCO)Cc1ccccc1OC. The lowest BCUT2D eigenvalue weighted by Crippen LogP contribution is -2.30. The third-order valence-electron chi connectivity index (χ3n) is 3.27. The molecule has 0 saturated carbocycles. The maximum absolute atomic E-state index is 9.15. The number of benzene rings is 1. The Morgan fingerprint density at radius 2 is 2.06 bits per heavy atom. The van der Waals surface area contributed by atoms with Gasteiger partial charge in [-0.25, -0.2) is 0 Å². The largest absolute Gasteiger partial charge is 0.496 e. The fourth-order valence-electron chi connectivity index (χ4n) is 2.02. The fraction of sp³-hybridized carbons (Fsp3) is 0.600. The van der Waals surface area contributed by atoms with Gasteiger partial charge in [-0.3, -0.25) is 4.90 Å². The maximum atomic E-state index is 9.15. The standard InChI is InChI=1S/C15H25NO2/c1-4-13(2)11-16(9-10-17)12-14-7-5-6-8-15(14)18-3/h5-8,13,17H,4,9-12H2,1-3H3. The quantitative estimate of drug-likeness (QED) is 0.770. The first-order valence-corrected chi connectivity index (χ1v) is 6.66. The number of rotatable bonds is 8. The van der Waals surface area contributed by atoms with E-state index >= 15 is 0 Å². The molecule has 1 N–H and O–H groups in total. The van der Waals surface area contributed by atoms with Gasteiger partial charge in [-0.05, 0) is 12.0 Å². The normalized spacial score (nSPS) is 12.7. The van der Waals surface area contributed by atoms with Gasteiger partial charge < -0.3 is 9.84 Å². The second-order valence-corrected chi connectivity index (χ2v) is 4.78. The van der Waals surface area contributed by atoms with E-state index in [1.165, 1.54) is 5.56 Å². The van der Waals surface area contributed by atoms with Gasteiger partial charge in [0.2, 0.25) is 0 Å². The van der Waals surface area contributed by atoms with Crippen LogP contribution in [0.1, 0.15) is 25.8 Å². The van der Waals surface area contributed by atoms with Crippen LogP contribution in [0.25, 0.3) is 0 Å². The van der Waals surface area contributed by atoms with E-state index in [-0.39, 0.29) is 6.61 Å². The van der Waals surface area contributed by atoms with Crippen molar-refractivity contribution in [1.29, 1.82) is 0 Å². The lowest BCUT2D eigenvalue weighted by atomic mass is 10.1. The van der Waals surface area contributed by atoms with E-state index in [0.717, 1.165) is 25.3 Å². The first kappa shape index (κ1) is 15.0. The summed E-state index contributed by atoms with van der Waals surface area (Å²) in [5.41, 5.74) is 1.18. The van der Waals surface area contributed by atoms with Crippen LogP contribution < -0.4 is 4.74 Å². The Kier molecular flexibility index (Phi) is 6.76. The Labute approximate surface area is 110 Å². The molecular formula is C15H25NO2. The number of para-hydroxylation sites is 1. The van der Waals surface area contributed by atoms with Crippen LogP contribution in [0.4, 0.5) is 0 Å². The minimum atomic E-state index is 0.200. The average Bonchev–Trinajstić information content (AvgIpc) is 2.39. The second kappa shape index (κ2) is 8.11. The molecule has 0 aromatic heterocycles. The van der Waals surface area contributed by atoms with Crippen LogP contribution in [-0.2, 0) is 6.54 Å². The number of ether oxygens (including phenoxy) is 1. The average molecular weight is 251 g/mol. The highest BCUT2D eigenvalue weighted by atomic mass is 16.5. The van der Waals surface area contributed by atoms with Crippen molar-refractivity contribution in [3.8, 4) is 5.75 Å².